The van der Waals surface area contributed by atoms with Crippen LogP contribution in [0.15, 0.2) is 54.6 Å². The summed E-state index contributed by atoms with van der Waals surface area (Å²) in [5, 5.41) is 2.91. The van der Waals surface area contributed by atoms with Crippen molar-refractivity contribution in [1.82, 2.24) is 10.2 Å². The molecule has 1 amide bonds. The molecule has 0 saturated carbocycles. The minimum absolute atomic E-state index is 0.0379. The molecule has 0 heterocycles. The Balaban J connectivity index is 1.94. The van der Waals surface area contributed by atoms with E-state index in [0.717, 1.165) is 19.6 Å². The fourth-order valence-corrected chi connectivity index (χ4v) is 2.50. The first-order valence-electron chi connectivity index (χ1n) is 8.36. The van der Waals surface area contributed by atoms with Crippen molar-refractivity contribution >= 4 is 11.7 Å². The summed E-state index contributed by atoms with van der Waals surface area (Å²) in [7, 11) is 0. The highest BCUT2D eigenvalue weighted by molar-refractivity contribution is 6.09. The summed E-state index contributed by atoms with van der Waals surface area (Å²) in [6.45, 7) is 7.61. The fraction of sp³-hybridized carbons (Fsp3) is 0.300. The number of benzene rings is 2. The molecular weight excluding hydrogens is 300 g/mol. The second kappa shape index (κ2) is 8.99. The Bertz CT molecular complexity index is 662. The molecule has 0 radical (unpaired) electrons. The second-order valence-electron chi connectivity index (χ2n) is 5.56. The maximum absolute atomic E-state index is 12.3. The topological polar surface area (TPSA) is 49.4 Å². The van der Waals surface area contributed by atoms with Crippen LogP contribution >= 0.6 is 0 Å². The van der Waals surface area contributed by atoms with Crippen LogP contribution in [-0.2, 0) is 0 Å². The molecule has 4 nitrogen and oxygen atoms in total. The molecule has 24 heavy (non-hydrogen) atoms. The normalized spacial score (nSPS) is 10.6. The van der Waals surface area contributed by atoms with Gasteiger partial charge in [-0.2, -0.15) is 0 Å². The third kappa shape index (κ3) is 4.77. The molecule has 0 aliphatic rings. The number of carbonyl (C=O) groups excluding carboxylic acids is 2. The standard InChI is InChI=1S/C20H24N2O2/c1-3-22(4-2)15-14-21-20(24)18-12-10-17(11-13-18)19(23)16-8-6-5-7-9-16/h5-13H,3-4,14-15H2,1-2H3,(H,21,24). The number of ketones is 1. The van der Waals surface area contributed by atoms with Gasteiger partial charge in [0.1, 0.15) is 0 Å². The van der Waals surface area contributed by atoms with Gasteiger partial charge in [0.05, 0.1) is 0 Å². The van der Waals surface area contributed by atoms with E-state index in [1.54, 1.807) is 36.4 Å². The van der Waals surface area contributed by atoms with Crippen molar-refractivity contribution in [3.8, 4) is 0 Å². The highest BCUT2D eigenvalue weighted by Crippen LogP contribution is 2.11. The van der Waals surface area contributed by atoms with Gasteiger partial charge >= 0.3 is 0 Å². The molecule has 0 aromatic heterocycles. The van der Waals surface area contributed by atoms with Gasteiger partial charge in [-0.1, -0.05) is 56.3 Å². The van der Waals surface area contributed by atoms with Crippen LogP contribution in [0.1, 0.15) is 40.1 Å². The Morgan fingerprint density at radius 3 is 1.96 bits per heavy atom. The number of amides is 1. The number of carbonyl (C=O) groups is 2. The molecule has 4 heteroatoms. The Morgan fingerprint density at radius 1 is 0.833 bits per heavy atom. The molecule has 2 aromatic rings. The summed E-state index contributed by atoms with van der Waals surface area (Å²) >= 11 is 0. The van der Waals surface area contributed by atoms with Gasteiger partial charge in [0, 0.05) is 29.8 Å². The minimum atomic E-state index is -0.110. The molecule has 1 N–H and O–H groups in total. The predicted octanol–water partition coefficient (Wildman–Crippen LogP) is 2.99. The molecule has 0 fully saturated rings. The summed E-state index contributed by atoms with van der Waals surface area (Å²) in [6, 6.07) is 15.9. The van der Waals surface area contributed by atoms with E-state index >= 15 is 0 Å². The van der Waals surface area contributed by atoms with Gasteiger partial charge in [0.25, 0.3) is 5.91 Å². The summed E-state index contributed by atoms with van der Waals surface area (Å²) in [5.41, 5.74) is 1.80. The summed E-state index contributed by atoms with van der Waals surface area (Å²) in [5.74, 6) is -0.148. The number of nitrogens with one attached hydrogen (secondary N) is 1. The number of hydrogen-bond donors (Lipinski definition) is 1. The first kappa shape index (κ1) is 17.9. The van der Waals surface area contributed by atoms with Crippen molar-refractivity contribution in [1.29, 1.82) is 0 Å². The van der Waals surface area contributed by atoms with Crippen LogP contribution in [0, 0.1) is 0 Å². The molecule has 0 bridgehead atoms. The van der Waals surface area contributed by atoms with Crippen molar-refractivity contribution in [3.05, 3.63) is 71.3 Å². The zero-order chi connectivity index (χ0) is 17.4. The maximum Gasteiger partial charge on any atom is 0.251 e. The van der Waals surface area contributed by atoms with Crippen LogP contribution in [-0.4, -0.2) is 42.8 Å². The molecule has 0 saturated heterocycles. The van der Waals surface area contributed by atoms with Crippen molar-refractivity contribution < 1.29 is 9.59 Å². The predicted molar refractivity (Wildman–Crippen MR) is 96.4 cm³/mol. The van der Waals surface area contributed by atoms with Crippen LogP contribution < -0.4 is 5.32 Å². The number of likely N-dealkylation sites (N-methyl/N-ethyl adjacent to an activating group) is 1. The Hall–Kier alpha value is -2.46. The van der Waals surface area contributed by atoms with E-state index in [0.29, 0.717) is 23.2 Å². The van der Waals surface area contributed by atoms with E-state index in [1.165, 1.54) is 0 Å². The largest absolute Gasteiger partial charge is 0.351 e. The lowest BCUT2D eigenvalue weighted by Crippen LogP contribution is -2.34. The van der Waals surface area contributed by atoms with E-state index in [-0.39, 0.29) is 11.7 Å². The fourth-order valence-electron chi connectivity index (χ4n) is 2.50. The van der Waals surface area contributed by atoms with Crippen LogP contribution in [0.25, 0.3) is 0 Å². The average Bonchev–Trinajstić information content (AvgIpc) is 2.65. The SMILES string of the molecule is CCN(CC)CCNC(=O)c1ccc(C(=O)c2ccccc2)cc1. The van der Waals surface area contributed by atoms with Crippen molar-refractivity contribution in [2.45, 2.75) is 13.8 Å². The van der Waals surface area contributed by atoms with Gasteiger partial charge < -0.3 is 10.2 Å². The zero-order valence-electron chi connectivity index (χ0n) is 14.3. The van der Waals surface area contributed by atoms with E-state index in [2.05, 4.69) is 24.1 Å². The minimum Gasteiger partial charge on any atom is -0.351 e. The molecule has 126 valence electrons. The van der Waals surface area contributed by atoms with Crippen LogP contribution in [0.5, 0.6) is 0 Å². The van der Waals surface area contributed by atoms with Crippen molar-refractivity contribution in [2.75, 3.05) is 26.2 Å². The van der Waals surface area contributed by atoms with E-state index in [9.17, 15) is 9.59 Å². The average molecular weight is 324 g/mol. The Kier molecular flexibility index (Phi) is 6.70. The van der Waals surface area contributed by atoms with Gasteiger partial charge in [-0.15, -0.1) is 0 Å². The second-order valence-corrected chi connectivity index (χ2v) is 5.56. The highest BCUT2D eigenvalue weighted by atomic mass is 16.1. The molecular formula is C20H24N2O2. The molecule has 0 atom stereocenters. The van der Waals surface area contributed by atoms with Crippen LogP contribution in [0.2, 0.25) is 0 Å². The van der Waals surface area contributed by atoms with Crippen LogP contribution in [0.4, 0.5) is 0 Å². The van der Waals surface area contributed by atoms with E-state index in [4.69, 9.17) is 0 Å². The lowest BCUT2D eigenvalue weighted by atomic mass is 10.0. The first-order valence-corrected chi connectivity index (χ1v) is 8.36. The lowest BCUT2D eigenvalue weighted by Gasteiger charge is -2.17. The number of rotatable bonds is 8. The maximum atomic E-state index is 12.3. The Morgan fingerprint density at radius 2 is 1.38 bits per heavy atom. The van der Waals surface area contributed by atoms with Gasteiger partial charge in [0.15, 0.2) is 5.78 Å². The van der Waals surface area contributed by atoms with Crippen molar-refractivity contribution in [3.63, 3.8) is 0 Å². The van der Waals surface area contributed by atoms with Gasteiger partial charge in [-0.3, -0.25) is 9.59 Å². The van der Waals surface area contributed by atoms with Gasteiger partial charge in [-0.25, -0.2) is 0 Å². The number of hydrogen-bond acceptors (Lipinski definition) is 3. The first-order chi connectivity index (χ1) is 11.7. The molecule has 2 aromatic carbocycles. The molecule has 0 aliphatic carbocycles. The van der Waals surface area contributed by atoms with E-state index < -0.39 is 0 Å². The van der Waals surface area contributed by atoms with Gasteiger partial charge in [0.2, 0.25) is 0 Å². The summed E-state index contributed by atoms with van der Waals surface area (Å²) < 4.78 is 0. The quantitative estimate of drug-likeness (QED) is 0.760. The number of nitrogens with zero attached hydrogens (tertiary/aromatic N) is 1. The molecule has 0 spiro atoms. The summed E-state index contributed by atoms with van der Waals surface area (Å²) in [4.78, 5) is 26.7. The highest BCUT2D eigenvalue weighted by Gasteiger charge is 2.10. The van der Waals surface area contributed by atoms with Crippen molar-refractivity contribution in [2.24, 2.45) is 0 Å². The molecule has 0 unspecified atom stereocenters. The van der Waals surface area contributed by atoms with E-state index in [1.807, 2.05) is 18.2 Å². The third-order valence-corrected chi connectivity index (χ3v) is 4.05. The van der Waals surface area contributed by atoms with Gasteiger partial charge in [-0.05, 0) is 25.2 Å². The monoisotopic (exact) mass is 324 g/mol. The lowest BCUT2D eigenvalue weighted by molar-refractivity contribution is 0.0947. The Labute approximate surface area is 143 Å². The zero-order valence-corrected chi connectivity index (χ0v) is 14.3. The smallest absolute Gasteiger partial charge is 0.251 e. The third-order valence-electron chi connectivity index (χ3n) is 4.05. The summed E-state index contributed by atoms with van der Waals surface area (Å²) in [6.07, 6.45) is 0. The molecule has 2 rings (SSSR count). The van der Waals surface area contributed by atoms with Crippen LogP contribution in [0.3, 0.4) is 0 Å². The molecule has 0 aliphatic heterocycles.